The molecule has 20 heavy (non-hydrogen) atoms. The maximum atomic E-state index is 12.2. The zero-order chi connectivity index (χ0) is 14.8. The molecule has 0 aromatic heterocycles. The van der Waals surface area contributed by atoms with Crippen molar-refractivity contribution in [1.82, 2.24) is 4.90 Å². The molecule has 0 saturated carbocycles. The topological polar surface area (TPSA) is 38.8 Å². The van der Waals surface area contributed by atoms with Crippen molar-refractivity contribution in [1.29, 1.82) is 0 Å². The maximum Gasteiger partial charge on any atom is 0.412 e. The van der Waals surface area contributed by atoms with Crippen LogP contribution in [0.4, 0.5) is 4.79 Å². The van der Waals surface area contributed by atoms with Crippen molar-refractivity contribution in [2.24, 2.45) is 0 Å². The van der Waals surface area contributed by atoms with Crippen LogP contribution >= 0.6 is 0 Å². The third-order valence-corrected chi connectivity index (χ3v) is 3.43. The minimum Gasteiger partial charge on any atom is -0.444 e. The molecular formula is C16H23NO3. The van der Waals surface area contributed by atoms with Gasteiger partial charge in [-0.05, 0) is 32.8 Å². The largest absolute Gasteiger partial charge is 0.444 e. The number of nitrogens with zero attached hydrogens (tertiary/aromatic N) is 1. The first kappa shape index (κ1) is 14.9. The zero-order valence-electron chi connectivity index (χ0n) is 12.6. The number of carbonyl (C=O) groups is 1. The first-order valence-corrected chi connectivity index (χ1v) is 7.00. The first-order valence-electron chi connectivity index (χ1n) is 7.00. The van der Waals surface area contributed by atoms with Crippen molar-refractivity contribution in [3.8, 4) is 0 Å². The molecule has 0 bridgehead atoms. The van der Waals surface area contributed by atoms with E-state index in [1.165, 1.54) is 5.56 Å². The number of hydrogen-bond donors (Lipinski definition) is 0. The molecule has 1 fully saturated rings. The fourth-order valence-corrected chi connectivity index (χ4v) is 2.60. The number of carbonyl (C=O) groups excluding carboxylic acids is 1. The Morgan fingerprint density at radius 2 is 1.90 bits per heavy atom. The highest BCUT2D eigenvalue weighted by molar-refractivity contribution is 5.69. The Hall–Kier alpha value is -1.55. The maximum absolute atomic E-state index is 12.2. The molecule has 1 aromatic rings. The van der Waals surface area contributed by atoms with Gasteiger partial charge in [0, 0.05) is 19.6 Å². The Morgan fingerprint density at radius 3 is 2.45 bits per heavy atom. The predicted molar refractivity (Wildman–Crippen MR) is 77.5 cm³/mol. The summed E-state index contributed by atoms with van der Waals surface area (Å²) >= 11 is 0. The Morgan fingerprint density at radius 1 is 1.25 bits per heavy atom. The van der Waals surface area contributed by atoms with Crippen molar-refractivity contribution in [2.45, 2.75) is 44.9 Å². The molecule has 4 heteroatoms. The highest BCUT2D eigenvalue weighted by Gasteiger charge is 2.39. The van der Waals surface area contributed by atoms with Crippen molar-refractivity contribution in [3.05, 3.63) is 35.9 Å². The summed E-state index contributed by atoms with van der Waals surface area (Å²) in [4.78, 5) is 13.9. The lowest BCUT2D eigenvalue weighted by atomic mass is 9.97. The molecule has 1 aliphatic heterocycles. The van der Waals surface area contributed by atoms with E-state index in [0.29, 0.717) is 6.54 Å². The number of amides is 1. The molecule has 110 valence electrons. The van der Waals surface area contributed by atoms with E-state index in [0.717, 1.165) is 6.42 Å². The van der Waals surface area contributed by atoms with Crippen LogP contribution in [0.3, 0.4) is 0 Å². The van der Waals surface area contributed by atoms with E-state index < -0.39 is 5.60 Å². The Balaban J connectivity index is 2.12. The normalized spacial score (nSPS) is 22.9. The SMILES string of the molecule is COC1C(c2ccccc2)CCN1C(=O)OC(C)(C)C. The second-order valence-corrected chi connectivity index (χ2v) is 6.11. The van der Waals surface area contributed by atoms with Gasteiger partial charge in [-0.15, -0.1) is 0 Å². The van der Waals surface area contributed by atoms with Gasteiger partial charge in [-0.3, -0.25) is 4.90 Å². The van der Waals surface area contributed by atoms with Crippen LogP contribution in [-0.4, -0.2) is 36.5 Å². The number of benzene rings is 1. The van der Waals surface area contributed by atoms with Crippen LogP contribution in [0, 0.1) is 0 Å². The summed E-state index contributed by atoms with van der Waals surface area (Å²) < 4.78 is 11.0. The third kappa shape index (κ3) is 3.31. The predicted octanol–water partition coefficient (Wildman–Crippen LogP) is 3.38. The number of methoxy groups -OCH3 is 1. The van der Waals surface area contributed by atoms with E-state index in [-0.39, 0.29) is 18.2 Å². The van der Waals surface area contributed by atoms with Gasteiger partial charge in [0.25, 0.3) is 0 Å². The van der Waals surface area contributed by atoms with E-state index in [1.54, 1.807) is 12.0 Å². The van der Waals surface area contributed by atoms with E-state index in [4.69, 9.17) is 9.47 Å². The van der Waals surface area contributed by atoms with Crippen molar-refractivity contribution in [2.75, 3.05) is 13.7 Å². The van der Waals surface area contributed by atoms with Crippen LogP contribution in [0.5, 0.6) is 0 Å². The average molecular weight is 277 g/mol. The van der Waals surface area contributed by atoms with Gasteiger partial charge in [0.05, 0.1) is 0 Å². The van der Waals surface area contributed by atoms with Crippen LogP contribution in [0.25, 0.3) is 0 Å². The highest BCUT2D eigenvalue weighted by Crippen LogP contribution is 2.34. The monoisotopic (exact) mass is 277 g/mol. The smallest absolute Gasteiger partial charge is 0.412 e. The molecule has 2 unspecified atom stereocenters. The molecule has 2 rings (SSSR count). The number of rotatable bonds is 2. The molecule has 0 aliphatic carbocycles. The minimum atomic E-state index is -0.486. The standard InChI is InChI=1S/C16H23NO3/c1-16(2,3)20-15(18)17-11-10-13(14(17)19-4)12-8-6-5-7-9-12/h5-9,13-14H,10-11H2,1-4H3. The molecule has 1 aromatic carbocycles. The van der Waals surface area contributed by atoms with E-state index in [9.17, 15) is 4.79 Å². The van der Waals surface area contributed by atoms with Crippen molar-refractivity contribution < 1.29 is 14.3 Å². The van der Waals surface area contributed by atoms with Crippen LogP contribution in [0.2, 0.25) is 0 Å². The molecule has 2 atom stereocenters. The zero-order valence-corrected chi connectivity index (χ0v) is 12.6. The van der Waals surface area contributed by atoms with Crippen molar-refractivity contribution >= 4 is 6.09 Å². The molecule has 0 spiro atoms. The summed E-state index contributed by atoms with van der Waals surface area (Å²) in [6.45, 7) is 6.28. The Labute approximate surface area is 120 Å². The molecule has 0 N–H and O–H groups in total. The quantitative estimate of drug-likeness (QED) is 0.831. The molecule has 0 radical (unpaired) electrons. The van der Waals surface area contributed by atoms with E-state index in [2.05, 4.69) is 12.1 Å². The van der Waals surface area contributed by atoms with Gasteiger partial charge in [-0.25, -0.2) is 4.79 Å². The lowest BCUT2D eigenvalue weighted by Crippen LogP contribution is -2.41. The lowest BCUT2D eigenvalue weighted by molar-refractivity contribution is -0.0363. The summed E-state index contributed by atoms with van der Waals surface area (Å²) in [7, 11) is 1.64. The van der Waals surface area contributed by atoms with E-state index in [1.807, 2.05) is 39.0 Å². The first-order chi connectivity index (χ1) is 9.42. The van der Waals surface area contributed by atoms with Crippen LogP contribution < -0.4 is 0 Å². The van der Waals surface area contributed by atoms with Gasteiger partial charge in [0.15, 0.2) is 0 Å². The molecular weight excluding hydrogens is 254 g/mol. The summed E-state index contributed by atoms with van der Waals surface area (Å²) in [5, 5.41) is 0. The molecule has 1 heterocycles. The lowest BCUT2D eigenvalue weighted by Gasteiger charge is -2.29. The van der Waals surface area contributed by atoms with Crippen LogP contribution in [-0.2, 0) is 9.47 Å². The number of likely N-dealkylation sites (tertiary alicyclic amines) is 1. The summed E-state index contributed by atoms with van der Waals surface area (Å²) in [5.41, 5.74) is 0.714. The minimum absolute atomic E-state index is 0.203. The third-order valence-electron chi connectivity index (χ3n) is 3.43. The molecule has 1 amide bonds. The van der Waals surface area contributed by atoms with Crippen LogP contribution in [0.1, 0.15) is 38.7 Å². The fourth-order valence-electron chi connectivity index (χ4n) is 2.60. The summed E-state index contributed by atoms with van der Waals surface area (Å²) in [6, 6.07) is 10.2. The van der Waals surface area contributed by atoms with Crippen LogP contribution in [0.15, 0.2) is 30.3 Å². The van der Waals surface area contributed by atoms with E-state index >= 15 is 0 Å². The fraction of sp³-hybridized carbons (Fsp3) is 0.562. The molecule has 1 saturated heterocycles. The Kier molecular flexibility index (Phi) is 4.33. The van der Waals surface area contributed by atoms with Gasteiger partial charge in [-0.2, -0.15) is 0 Å². The second kappa shape index (κ2) is 5.83. The Bertz CT molecular complexity index is 453. The second-order valence-electron chi connectivity index (χ2n) is 6.11. The average Bonchev–Trinajstić information content (AvgIpc) is 2.81. The summed E-state index contributed by atoms with van der Waals surface area (Å²) in [6.07, 6.45) is 0.330. The summed E-state index contributed by atoms with van der Waals surface area (Å²) in [5.74, 6) is 0.203. The number of hydrogen-bond acceptors (Lipinski definition) is 3. The molecule has 1 aliphatic rings. The highest BCUT2D eigenvalue weighted by atomic mass is 16.6. The number of ether oxygens (including phenoxy) is 2. The van der Waals surface area contributed by atoms with Gasteiger partial charge >= 0.3 is 6.09 Å². The van der Waals surface area contributed by atoms with Gasteiger partial charge in [-0.1, -0.05) is 30.3 Å². The molecule has 4 nitrogen and oxygen atoms in total. The van der Waals surface area contributed by atoms with Gasteiger partial charge in [0.1, 0.15) is 11.8 Å². The van der Waals surface area contributed by atoms with Crippen molar-refractivity contribution in [3.63, 3.8) is 0 Å². The van der Waals surface area contributed by atoms with Gasteiger partial charge < -0.3 is 9.47 Å². The van der Waals surface area contributed by atoms with Gasteiger partial charge in [0.2, 0.25) is 0 Å².